The van der Waals surface area contributed by atoms with Gasteiger partial charge in [-0.05, 0) is 37.9 Å². The number of rotatable bonds is 5. The molecule has 110 valence electrons. The van der Waals surface area contributed by atoms with Crippen molar-refractivity contribution in [3.05, 3.63) is 24.0 Å². The van der Waals surface area contributed by atoms with Gasteiger partial charge in [-0.15, -0.1) is 0 Å². The molecule has 0 aromatic carbocycles. The summed E-state index contributed by atoms with van der Waals surface area (Å²) < 4.78 is 0. The predicted molar refractivity (Wildman–Crippen MR) is 80.5 cm³/mol. The van der Waals surface area contributed by atoms with Crippen LogP contribution in [0.15, 0.2) is 18.3 Å². The Balaban J connectivity index is 1.77. The Bertz CT molecular complexity index is 424. The third kappa shape index (κ3) is 4.20. The molecule has 0 spiro atoms. The van der Waals surface area contributed by atoms with Gasteiger partial charge in [-0.3, -0.25) is 4.79 Å². The minimum absolute atomic E-state index is 0.1000. The lowest BCUT2D eigenvalue weighted by Gasteiger charge is -2.32. The van der Waals surface area contributed by atoms with Crippen molar-refractivity contribution >= 4 is 11.6 Å². The van der Waals surface area contributed by atoms with Crippen LogP contribution in [0, 0.1) is 0 Å². The lowest BCUT2D eigenvalue weighted by molar-refractivity contribution is 0.0906. The summed E-state index contributed by atoms with van der Waals surface area (Å²) in [6.07, 6.45) is 6.04. The van der Waals surface area contributed by atoms with Gasteiger partial charge in [0.2, 0.25) is 0 Å². The zero-order chi connectivity index (χ0) is 14.4. The van der Waals surface area contributed by atoms with Gasteiger partial charge in [0, 0.05) is 19.1 Å². The average molecular weight is 276 g/mol. The number of carbonyl (C=O) groups is 1. The van der Waals surface area contributed by atoms with Crippen molar-refractivity contribution in [3.63, 3.8) is 0 Å². The fraction of sp³-hybridized carbons (Fsp3) is 0.600. The minimum atomic E-state index is -0.1000. The van der Waals surface area contributed by atoms with E-state index in [0.717, 1.165) is 25.9 Å². The fourth-order valence-electron chi connectivity index (χ4n) is 2.48. The van der Waals surface area contributed by atoms with Gasteiger partial charge in [-0.25, -0.2) is 4.98 Å². The number of likely N-dealkylation sites (tertiary alicyclic amines) is 1. The maximum absolute atomic E-state index is 12.0. The monoisotopic (exact) mass is 276 g/mol. The van der Waals surface area contributed by atoms with Gasteiger partial charge < -0.3 is 16.0 Å². The number of piperidine rings is 1. The molecule has 3 N–H and O–H groups in total. The van der Waals surface area contributed by atoms with Crippen molar-refractivity contribution in [1.82, 2.24) is 15.2 Å². The number of carbonyl (C=O) groups excluding carboxylic acids is 1. The molecule has 5 heteroatoms. The Morgan fingerprint density at radius 2 is 2.20 bits per heavy atom. The first-order valence-corrected chi connectivity index (χ1v) is 7.43. The number of nitrogens with zero attached hydrogens (tertiary/aromatic N) is 2. The molecule has 1 aromatic heterocycles. The van der Waals surface area contributed by atoms with Gasteiger partial charge in [0.05, 0.1) is 11.9 Å². The topological polar surface area (TPSA) is 71.2 Å². The van der Waals surface area contributed by atoms with Crippen LogP contribution in [0.1, 0.15) is 43.1 Å². The zero-order valence-electron chi connectivity index (χ0n) is 12.1. The maximum atomic E-state index is 12.0. The Kier molecular flexibility index (Phi) is 5.35. The molecule has 1 aliphatic rings. The van der Waals surface area contributed by atoms with E-state index in [1.807, 2.05) is 0 Å². The second-order valence-corrected chi connectivity index (χ2v) is 5.42. The van der Waals surface area contributed by atoms with Gasteiger partial charge in [0.15, 0.2) is 0 Å². The van der Waals surface area contributed by atoms with E-state index in [4.69, 9.17) is 5.73 Å². The molecule has 1 fully saturated rings. The summed E-state index contributed by atoms with van der Waals surface area (Å²) in [5.41, 5.74) is 6.58. The summed E-state index contributed by atoms with van der Waals surface area (Å²) in [5.74, 6) is -0.1000. The third-order valence-corrected chi connectivity index (χ3v) is 3.77. The third-order valence-electron chi connectivity index (χ3n) is 3.77. The Hall–Kier alpha value is -1.62. The Labute approximate surface area is 120 Å². The number of nitrogens with one attached hydrogen (secondary N) is 1. The molecule has 0 aliphatic carbocycles. The molecule has 0 saturated carbocycles. The van der Waals surface area contributed by atoms with Crippen LogP contribution in [0.5, 0.6) is 0 Å². The van der Waals surface area contributed by atoms with E-state index in [1.54, 1.807) is 12.1 Å². The maximum Gasteiger partial charge on any atom is 0.270 e. The highest BCUT2D eigenvalue weighted by Crippen LogP contribution is 2.12. The van der Waals surface area contributed by atoms with Crippen LogP contribution in [-0.2, 0) is 0 Å². The van der Waals surface area contributed by atoms with E-state index in [9.17, 15) is 4.79 Å². The Morgan fingerprint density at radius 1 is 1.45 bits per heavy atom. The van der Waals surface area contributed by atoms with Gasteiger partial charge in [0.25, 0.3) is 5.91 Å². The molecular weight excluding hydrogens is 252 g/mol. The quantitative estimate of drug-likeness (QED) is 0.858. The van der Waals surface area contributed by atoms with E-state index >= 15 is 0 Å². The molecule has 1 aliphatic heterocycles. The van der Waals surface area contributed by atoms with Crippen LogP contribution in [0.25, 0.3) is 0 Å². The molecule has 1 aromatic rings. The lowest BCUT2D eigenvalue weighted by atomic mass is 10.0. The predicted octanol–water partition coefficient (Wildman–Crippen LogP) is 1.66. The van der Waals surface area contributed by atoms with E-state index in [2.05, 4.69) is 22.1 Å². The number of amides is 1. The normalized spacial score (nSPS) is 17.1. The first-order chi connectivity index (χ1) is 9.69. The lowest BCUT2D eigenvalue weighted by Crippen LogP contribution is -2.45. The second-order valence-electron chi connectivity index (χ2n) is 5.42. The smallest absolute Gasteiger partial charge is 0.270 e. The van der Waals surface area contributed by atoms with Crippen LogP contribution < -0.4 is 11.1 Å². The number of anilines is 1. The number of hydrogen-bond acceptors (Lipinski definition) is 4. The number of hydrogen-bond donors (Lipinski definition) is 2. The van der Waals surface area contributed by atoms with Crippen molar-refractivity contribution in [1.29, 1.82) is 0 Å². The van der Waals surface area contributed by atoms with Crippen molar-refractivity contribution in [2.45, 2.75) is 38.6 Å². The van der Waals surface area contributed by atoms with E-state index in [-0.39, 0.29) is 11.9 Å². The van der Waals surface area contributed by atoms with E-state index in [0.29, 0.717) is 11.4 Å². The van der Waals surface area contributed by atoms with E-state index < -0.39 is 0 Å². The molecule has 5 nitrogen and oxygen atoms in total. The number of aromatic nitrogens is 1. The molecule has 20 heavy (non-hydrogen) atoms. The summed E-state index contributed by atoms with van der Waals surface area (Å²) in [5, 5.41) is 3.06. The number of unbranched alkanes of at least 4 members (excludes halogenated alkanes) is 1. The SMILES string of the molecule is CCCCN1CCC(NC(=O)c2ccc(N)cn2)CC1. The summed E-state index contributed by atoms with van der Waals surface area (Å²) in [6, 6.07) is 3.63. The number of pyridine rings is 1. The molecule has 1 saturated heterocycles. The van der Waals surface area contributed by atoms with Crippen LogP contribution in [0.2, 0.25) is 0 Å². The Morgan fingerprint density at radius 3 is 2.80 bits per heavy atom. The highest BCUT2D eigenvalue weighted by molar-refractivity contribution is 5.92. The first-order valence-electron chi connectivity index (χ1n) is 7.43. The fourth-order valence-corrected chi connectivity index (χ4v) is 2.48. The highest BCUT2D eigenvalue weighted by atomic mass is 16.1. The average Bonchev–Trinajstić information content (AvgIpc) is 2.47. The van der Waals surface area contributed by atoms with E-state index in [1.165, 1.54) is 25.6 Å². The molecule has 0 unspecified atom stereocenters. The summed E-state index contributed by atoms with van der Waals surface area (Å²) in [4.78, 5) is 18.6. The highest BCUT2D eigenvalue weighted by Gasteiger charge is 2.21. The van der Waals surface area contributed by atoms with Gasteiger partial charge in [-0.2, -0.15) is 0 Å². The summed E-state index contributed by atoms with van der Waals surface area (Å²) in [6.45, 7) is 5.53. The number of nitrogen functional groups attached to an aromatic ring is 1. The van der Waals surface area contributed by atoms with Gasteiger partial charge >= 0.3 is 0 Å². The van der Waals surface area contributed by atoms with Crippen molar-refractivity contribution in [3.8, 4) is 0 Å². The molecule has 0 radical (unpaired) electrons. The van der Waals surface area contributed by atoms with Crippen LogP contribution in [0.4, 0.5) is 5.69 Å². The molecular formula is C15H24N4O. The largest absolute Gasteiger partial charge is 0.397 e. The molecule has 1 amide bonds. The van der Waals surface area contributed by atoms with Crippen LogP contribution in [0.3, 0.4) is 0 Å². The summed E-state index contributed by atoms with van der Waals surface area (Å²) >= 11 is 0. The molecule has 0 bridgehead atoms. The van der Waals surface area contributed by atoms with Crippen molar-refractivity contribution in [2.75, 3.05) is 25.4 Å². The molecule has 2 rings (SSSR count). The zero-order valence-corrected chi connectivity index (χ0v) is 12.1. The van der Waals surface area contributed by atoms with Crippen molar-refractivity contribution in [2.24, 2.45) is 0 Å². The first kappa shape index (κ1) is 14.8. The number of nitrogens with two attached hydrogens (primary N) is 1. The second kappa shape index (κ2) is 7.24. The summed E-state index contributed by atoms with van der Waals surface area (Å²) in [7, 11) is 0. The van der Waals surface area contributed by atoms with Gasteiger partial charge in [0.1, 0.15) is 5.69 Å². The molecule has 0 atom stereocenters. The standard InChI is InChI=1S/C15H24N4O/c1-2-3-8-19-9-6-13(7-10-19)18-15(20)14-5-4-12(16)11-17-14/h4-5,11,13H,2-3,6-10,16H2,1H3,(H,18,20). The van der Waals surface area contributed by atoms with Crippen LogP contribution >= 0.6 is 0 Å². The van der Waals surface area contributed by atoms with Crippen molar-refractivity contribution < 1.29 is 4.79 Å². The molecule has 2 heterocycles. The van der Waals surface area contributed by atoms with Gasteiger partial charge in [-0.1, -0.05) is 13.3 Å². The van der Waals surface area contributed by atoms with Crippen LogP contribution in [-0.4, -0.2) is 41.5 Å². The minimum Gasteiger partial charge on any atom is -0.397 e.